The van der Waals surface area contributed by atoms with E-state index < -0.39 is 11.5 Å². The molecular formula is C12H25N3O2. The summed E-state index contributed by atoms with van der Waals surface area (Å²) < 4.78 is 0. The second-order valence-corrected chi connectivity index (χ2v) is 5.09. The van der Waals surface area contributed by atoms with Gasteiger partial charge in [-0.25, -0.2) is 0 Å². The number of carbonyl (C=O) groups is 2. The molecule has 100 valence electrons. The van der Waals surface area contributed by atoms with Gasteiger partial charge in [-0.15, -0.1) is 0 Å². The molecule has 2 atom stereocenters. The Balaban J connectivity index is 4.29. The molecule has 0 fully saturated rings. The first kappa shape index (κ1) is 15.9. The highest BCUT2D eigenvalue weighted by atomic mass is 16.2. The molecule has 2 amide bonds. The third-order valence-electron chi connectivity index (χ3n) is 3.11. The van der Waals surface area contributed by atoms with E-state index in [-0.39, 0.29) is 24.3 Å². The normalized spacial score (nSPS) is 14.9. The van der Waals surface area contributed by atoms with Gasteiger partial charge in [0.05, 0.1) is 11.5 Å². The van der Waals surface area contributed by atoms with Gasteiger partial charge in [0.15, 0.2) is 0 Å². The summed E-state index contributed by atoms with van der Waals surface area (Å²) in [5.74, 6) is -0.163. The zero-order valence-electron chi connectivity index (χ0n) is 11.5. The molecule has 0 unspecified atom stereocenters. The van der Waals surface area contributed by atoms with Crippen molar-refractivity contribution in [3.63, 3.8) is 0 Å². The summed E-state index contributed by atoms with van der Waals surface area (Å²) in [7, 11) is 1.58. The van der Waals surface area contributed by atoms with Crippen LogP contribution in [0.25, 0.3) is 0 Å². The Kier molecular flexibility index (Phi) is 6.16. The van der Waals surface area contributed by atoms with Crippen molar-refractivity contribution in [1.82, 2.24) is 10.6 Å². The minimum atomic E-state index is -0.625. The van der Waals surface area contributed by atoms with Gasteiger partial charge in [0.1, 0.15) is 0 Å². The van der Waals surface area contributed by atoms with Crippen molar-refractivity contribution in [2.24, 2.45) is 17.1 Å². The lowest BCUT2D eigenvalue weighted by Crippen LogP contribution is -2.50. The first-order valence-electron chi connectivity index (χ1n) is 6.01. The number of amides is 2. The number of hydrogen-bond acceptors (Lipinski definition) is 3. The zero-order valence-corrected chi connectivity index (χ0v) is 11.5. The van der Waals surface area contributed by atoms with Crippen LogP contribution in [0.1, 0.15) is 34.1 Å². The quantitative estimate of drug-likeness (QED) is 0.625. The van der Waals surface area contributed by atoms with Gasteiger partial charge in [0, 0.05) is 13.6 Å². The van der Waals surface area contributed by atoms with E-state index in [9.17, 15) is 9.59 Å². The molecule has 0 aliphatic heterocycles. The maximum atomic E-state index is 11.7. The number of rotatable bonds is 6. The first-order chi connectivity index (χ1) is 7.76. The summed E-state index contributed by atoms with van der Waals surface area (Å²) in [6.45, 7) is 7.78. The summed E-state index contributed by atoms with van der Waals surface area (Å²) in [6.07, 6.45) is 0.855. The molecule has 0 radical (unpaired) electrons. The molecule has 0 saturated carbocycles. The van der Waals surface area contributed by atoms with Crippen molar-refractivity contribution in [2.45, 2.75) is 40.2 Å². The first-order valence-corrected chi connectivity index (χ1v) is 6.01. The molecule has 5 nitrogen and oxygen atoms in total. The SMILES string of the molecule is CC[C@H](C)[C@H](N)C(=O)NCC(C)(C)C(=O)NC. The van der Waals surface area contributed by atoms with Crippen LogP contribution in [-0.2, 0) is 9.59 Å². The van der Waals surface area contributed by atoms with Crippen LogP contribution in [0.15, 0.2) is 0 Å². The summed E-state index contributed by atoms with van der Waals surface area (Å²) in [5.41, 5.74) is 5.17. The van der Waals surface area contributed by atoms with E-state index in [1.165, 1.54) is 0 Å². The fourth-order valence-electron chi connectivity index (χ4n) is 1.36. The van der Waals surface area contributed by atoms with Crippen LogP contribution in [0.2, 0.25) is 0 Å². The van der Waals surface area contributed by atoms with Gasteiger partial charge in [-0.3, -0.25) is 9.59 Å². The average molecular weight is 243 g/mol. The van der Waals surface area contributed by atoms with Crippen LogP contribution in [0.4, 0.5) is 0 Å². The largest absolute Gasteiger partial charge is 0.359 e. The highest BCUT2D eigenvalue weighted by Crippen LogP contribution is 2.13. The third-order valence-corrected chi connectivity index (χ3v) is 3.11. The summed E-state index contributed by atoms with van der Waals surface area (Å²) in [6, 6.07) is -0.513. The molecule has 4 N–H and O–H groups in total. The van der Waals surface area contributed by atoms with Crippen LogP contribution >= 0.6 is 0 Å². The molecule has 0 bridgehead atoms. The van der Waals surface area contributed by atoms with E-state index in [2.05, 4.69) is 10.6 Å². The van der Waals surface area contributed by atoms with Crippen molar-refractivity contribution in [3.8, 4) is 0 Å². The monoisotopic (exact) mass is 243 g/mol. The van der Waals surface area contributed by atoms with Crippen LogP contribution in [-0.4, -0.2) is 31.4 Å². The Hall–Kier alpha value is -1.10. The predicted octanol–water partition coefficient (Wildman–Crippen LogP) is 0.248. The standard InChI is InChI=1S/C12H25N3O2/c1-6-8(2)9(13)10(16)15-7-12(3,4)11(17)14-5/h8-9H,6-7,13H2,1-5H3,(H,14,17)(H,15,16)/t8-,9-/m0/s1. The smallest absolute Gasteiger partial charge is 0.237 e. The van der Waals surface area contributed by atoms with Crippen molar-refractivity contribution < 1.29 is 9.59 Å². The second kappa shape index (κ2) is 6.59. The highest BCUT2D eigenvalue weighted by molar-refractivity contribution is 5.85. The van der Waals surface area contributed by atoms with Crippen LogP contribution in [0.5, 0.6) is 0 Å². The van der Waals surface area contributed by atoms with Crippen LogP contribution < -0.4 is 16.4 Å². The number of carbonyl (C=O) groups excluding carboxylic acids is 2. The van der Waals surface area contributed by atoms with Gasteiger partial charge < -0.3 is 16.4 Å². The molecule has 0 spiro atoms. The topological polar surface area (TPSA) is 84.2 Å². The van der Waals surface area contributed by atoms with Crippen molar-refractivity contribution in [2.75, 3.05) is 13.6 Å². The van der Waals surface area contributed by atoms with E-state index in [1.54, 1.807) is 20.9 Å². The summed E-state index contributed by atoms with van der Waals surface area (Å²) in [4.78, 5) is 23.2. The van der Waals surface area contributed by atoms with Crippen LogP contribution in [0, 0.1) is 11.3 Å². The van der Waals surface area contributed by atoms with Gasteiger partial charge in [0.25, 0.3) is 0 Å². The lowest BCUT2D eigenvalue weighted by Gasteiger charge is -2.25. The highest BCUT2D eigenvalue weighted by Gasteiger charge is 2.28. The van der Waals surface area contributed by atoms with E-state index >= 15 is 0 Å². The van der Waals surface area contributed by atoms with Gasteiger partial charge in [-0.05, 0) is 19.8 Å². The van der Waals surface area contributed by atoms with Crippen molar-refractivity contribution in [1.29, 1.82) is 0 Å². The van der Waals surface area contributed by atoms with Crippen LogP contribution in [0.3, 0.4) is 0 Å². The molecule has 17 heavy (non-hydrogen) atoms. The Morgan fingerprint density at radius 3 is 2.29 bits per heavy atom. The van der Waals surface area contributed by atoms with Gasteiger partial charge in [0.2, 0.25) is 11.8 Å². The maximum Gasteiger partial charge on any atom is 0.237 e. The summed E-state index contributed by atoms with van der Waals surface area (Å²) in [5, 5.41) is 5.30. The Morgan fingerprint density at radius 2 is 1.88 bits per heavy atom. The van der Waals surface area contributed by atoms with E-state index in [4.69, 9.17) is 5.73 Å². The fourth-order valence-corrected chi connectivity index (χ4v) is 1.36. The molecule has 0 aliphatic rings. The minimum absolute atomic E-state index is 0.102. The molecule has 0 saturated heterocycles. The Morgan fingerprint density at radius 1 is 1.35 bits per heavy atom. The van der Waals surface area contributed by atoms with Gasteiger partial charge in [-0.2, -0.15) is 0 Å². The molecule has 0 rings (SSSR count). The minimum Gasteiger partial charge on any atom is -0.359 e. The maximum absolute atomic E-state index is 11.7. The molecule has 0 aromatic carbocycles. The molecule has 0 aromatic rings. The van der Waals surface area contributed by atoms with Gasteiger partial charge in [-0.1, -0.05) is 20.3 Å². The predicted molar refractivity (Wildman–Crippen MR) is 68.3 cm³/mol. The zero-order chi connectivity index (χ0) is 13.6. The van der Waals surface area contributed by atoms with E-state index in [1.807, 2.05) is 13.8 Å². The molecule has 0 aliphatic carbocycles. The summed E-state index contributed by atoms with van der Waals surface area (Å²) >= 11 is 0. The molecule has 0 aromatic heterocycles. The molecule has 0 heterocycles. The van der Waals surface area contributed by atoms with E-state index in [0.29, 0.717) is 0 Å². The second-order valence-electron chi connectivity index (χ2n) is 5.09. The lowest BCUT2D eigenvalue weighted by molar-refractivity contribution is -0.129. The average Bonchev–Trinajstić information content (AvgIpc) is 2.32. The lowest BCUT2D eigenvalue weighted by atomic mass is 9.91. The third kappa shape index (κ3) is 4.73. The Labute approximate surface area is 104 Å². The number of hydrogen-bond donors (Lipinski definition) is 3. The van der Waals surface area contributed by atoms with Crippen molar-refractivity contribution >= 4 is 11.8 Å². The molecule has 5 heteroatoms. The number of nitrogens with one attached hydrogen (secondary N) is 2. The van der Waals surface area contributed by atoms with Crippen molar-refractivity contribution in [3.05, 3.63) is 0 Å². The fraction of sp³-hybridized carbons (Fsp3) is 0.833. The Bertz CT molecular complexity index is 277. The van der Waals surface area contributed by atoms with E-state index in [0.717, 1.165) is 6.42 Å². The number of nitrogens with two attached hydrogens (primary N) is 1. The van der Waals surface area contributed by atoms with Gasteiger partial charge >= 0.3 is 0 Å². The molecular weight excluding hydrogens is 218 g/mol.